The molecule has 0 spiro atoms. The molecule has 15 heavy (non-hydrogen) atoms. The van der Waals surface area contributed by atoms with Gasteiger partial charge in [-0.05, 0) is 26.7 Å². The normalized spacial score (nSPS) is 16.3. The lowest BCUT2D eigenvalue weighted by Gasteiger charge is -2.32. The molecule has 0 saturated heterocycles. The van der Waals surface area contributed by atoms with E-state index in [1.165, 1.54) is 0 Å². The molecule has 0 aliphatic heterocycles. The number of methoxy groups -OCH3 is 1. The van der Waals surface area contributed by atoms with E-state index < -0.39 is 0 Å². The highest BCUT2D eigenvalue weighted by atomic mass is 16.5. The van der Waals surface area contributed by atoms with Crippen molar-refractivity contribution in [1.29, 1.82) is 0 Å². The van der Waals surface area contributed by atoms with E-state index in [0.717, 1.165) is 0 Å². The smallest absolute Gasteiger partial charge is 0.225 e. The number of amides is 1. The topological polar surface area (TPSA) is 38.3 Å². The second-order valence-electron chi connectivity index (χ2n) is 5.10. The molecular formula is C12H25NO2. The summed E-state index contributed by atoms with van der Waals surface area (Å²) in [7, 11) is 1.63. The number of ether oxygens (including phenoxy) is 1. The van der Waals surface area contributed by atoms with Crippen LogP contribution >= 0.6 is 0 Å². The number of carbonyl (C=O) groups is 1. The van der Waals surface area contributed by atoms with Crippen molar-refractivity contribution in [2.24, 2.45) is 11.8 Å². The molecule has 1 N–H and O–H groups in total. The Morgan fingerprint density at radius 1 is 1.20 bits per heavy atom. The second-order valence-corrected chi connectivity index (χ2v) is 5.10. The van der Waals surface area contributed by atoms with Gasteiger partial charge in [-0.2, -0.15) is 0 Å². The van der Waals surface area contributed by atoms with Gasteiger partial charge in [-0.15, -0.1) is 0 Å². The Bertz CT molecular complexity index is 212. The molecular weight excluding hydrogens is 190 g/mol. The van der Waals surface area contributed by atoms with Gasteiger partial charge in [0.25, 0.3) is 0 Å². The molecule has 0 bridgehead atoms. The third-order valence-corrected chi connectivity index (χ3v) is 3.38. The molecule has 2 atom stereocenters. The standard InChI is InChI=1S/C12H25NO2/c1-8(2)12(5,6)13-11(14)9(3)10(4)15-7/h8-10H,1-7H3,(H,13,14). The quantitative estimate of drug-likeness (QED) is 0.763. The molecule has 0 aliphatic carbocycles. The van der Waals surface area contributed by atoms with Crippen LogP contribution in [0.3, 0.4) is 0 Å². The molecule has 1 amide bonds. The molecule has 2 unspecified atom stereocenters. The van der Waals surface area contributed by atoms with Crippen LogP contribution in [0.4, 0.5) is 0 Å². The molecule has 0 fully saturated rings. The number of carbonyl (C=O) groups excluding carboxylic acids is 1. The molecule has 0 saturated carbocycles. The Balaban J connectivity index is 4.37. The first kappa shape index (κ1) is 14.4. The molecule has 0 aliphatic rings. The summed E-state index contributed by atoms with van der Waals surface area (Å²) in [5, 5.41) is 3.05. The van der Waals surface area contributed by atoms with E-state index in [9.17, 15) is 4.79 Å². The summed E-state index contributed by atoms with van der Waals surface area (Å²) >= 11 is 0. The molecule has 0 heterocycles. The minimum atomic E-state index is -0.168. The lowest BCUT2D eigenvalue weighted by molar-refractivity contribution is -0.130. The molecule has 0 radical (unpaired) electrons. The number of hydrogen-bond acceptors (Lipinski definition) is 2. The fourth-order valence-electron chi connectivity index (χ4n) is 0.993. The van der Waals surface area contributed by atoms with E-state index in [4.69, 9.17) is 4.74 Å². The van der Waals surface area contributed by atoms with Gasteiger partial charge < -0.3 is 10.1 Å². The third kappa shape index (κ3) is 4.20. The van der Waals surface area contributed by atoms with Crippen LogP contribution in [0.2, 0.25) is 0 Å². The molecule has 0 aromatic rings. The van der Waals surface area contributed by atoms with Gasteiger partial charge >= 0.3 is 0 Å². The van der Waals surface area contributed by atoms with Gasteiger partial charge in [0.05, 0.1) is 12.0 Å². The van der Waals surface area contributed by atoms with Crippen molar-refractivity contribution in [3.63, 3.8) is 0 Å². The van der Waals surface area contributed by atoms with E-state index in [1.807, 2.05) is 27.7 Å². The zero-order valence-corrected chi connectivity index (χ0v) is 11.0. The lowest BCUT2D eigenvalue weighted by atomic mass is 9.89. The summed E-state index contributed by atoms with van der Waals surface area (Å²) in [6.45, 7) is 12.1. The highest BCUT2D eigenvalue weighted by Crippen LogP contribution is 2.17. The summed E-state index contributed by atoms with van der Waals surface area (Å²) in [5.74, 6) is 0.350. The number of nitrogens with one attached hydrogen (secondary N) is 1. The van der Waals surface area contributed by atoms with E-state index in [1.54, 1.807) is 7.11 Å². The van der Waals surface area contributed by atoms with Gasteiger partial charge in [0.2, 0.25) is 5.91 Å². The Hall–Kier alpha value is -0.570. The van der Waals surface area contributed by atoms with Crippen LogP contribution in [0.25, 0.3) is 0 Å². The van der Waals surface area contributed by atoms with E-state index in [-0.39, 0.29) is 23.5 Å². The van der Waals surface area contributed by atoms with Crippen molar-refractivity contribution in [2.75, 3.05) is 7.11 Å². The van der Waals surface area contributed by atoms with Crippen LogP contribution in [-0.2, 0) is 9.53 Å². The first-order valence-corrected chi connectivity index (χ1v) is 5.57. The average Bonchev–Trinajstić information content (AvgIpc) is 2.14. The average molecular weight is 215 g/mol. The van der Waals surface area contributed by atoms with Crippen LogP contribution in [0.5, 0.6) is 0 Å². The van der Waals surface area contributed by atoms with Crippen LogP contribution in [0.1, 0.15) is 41.5 Å². The van der Waals surface area contributed by atoms with Crippen LogP contribution in [-0.4, -0.2) is 24.7 Å². The lowest BCUT2D eigenvalue weighted by Crippen LogP contribution is -2.50. The van der Waals surface area contributed by atoms with Crippen molar-refractivity contribution in [1.82, 2.24) is 5.32 Å². The SMILES string of the molecule is COC(C)C(C)C(=O)NC(C)(C)C(C)C. The van der Waals surface area contributed by atoms with Crippen molar-refractivity contribution in [3.8, 4) is 0 Å². The number of hydrogen-bond donors (Lipinski definition) is 1. The zero-order valence-electron chi connectivity index (χ0n) is 11.0. The first-order valence-electron chi connectivity index (χ1n) is 5.57. The molecule has 3 heteroatoms. The Morgan fingerprint density at radius 2 is 1.67 bits per heavy atom. The van der Waals surface area contributed by atoms with Gasteiger partial charge in [0, 0.05) is 12.6 Å². The van der Waals surface area contributed by atoms with Gasteiger partial charge in [0.15, 0.2) is 0 Å². The van der Waals surface area contributed by atoms with E-state index in [2.05, 4.69) is 19.2 Å². The van der Waals surface area contributed by atoms with Gasteiger partial charge in [0.1, 0.15) is 0 Å². The maximum atomic E-state index is 11.9. The molecule has 0 rings (SSSR count). The Kier molecular flexibility index (Phi) is 5.29. The summed E-state index contributed by atoms with van der Waals surface area (Å²) in [5.41, 5.74) is -0.168. The zero-order chi connectivity index (χ0) is 12.2. The maximum Gasteiger partial charge on any atom is 0.225 e. The predicted molar refractivity (Wildman–Crippen MR) is 62.7 cm³/mol. The monoisotopic (exact) mass is 215 g/mol. The largest absolute Gasteiger partial charge is 0.381 e. The highest BCUT2D eigenvalue weighted by Gasteiger charge is 2.28. The second kappa shape index (κ2) is 5.50. The summed E-state index contributed by atoms with van der Waals surface area (Å²) in [4.78, 5) is 11.9. The molecule has 3 nitrogen and oxygen atoms in total. The van der Waals surface area contributed by atoms with Crippen molar-refractivity contribution < 1.29 is 9.53 Å². The Morgan fingerprint density at radius 3 is 2.00 bits per heavy atom. The fraction of sp³-hybridized carbons (Fsp3) is 0.917. The summed E-state index contributed by atoms with van der Waals surface area (Å²) < 4.78 is 5.15. The Labute approximate surface area is 93.6 Å². The summed E-state index contributed by atoms with van der Waals surface area (Å²) in [6.07, 6.45) is -0.0482. The van der Waals surface area contributed by atoms with E-state index >= 15 is 0 Å². The van der Waals surface area contributed by atoms with Crippen molar-refractivity contribution >= 4 is 5.91 Å². The molecule has 90 valence electrons. The minimum Gasteiger partial charge on any atom is -0.381 e. The maximum absolute atomic E-state index is 11.9. The summed E-state index contributed by atoms with van der Waals surface area (Å²) in [6, 6.07) is 0. The third-order valence-electron chi connectivity index (χ3n) is 3.38. The van der Waals surface area contributed by atoms with Gasteiger partial charge in [-0.3, -0.25) is 4.79 Å². The van der Waals surface area contributed by atoms with Crippen LogP contribution < -0.4 is 5.32 Å². The highest BCUT2D eigenvalue weighted by molar-refractivity contribution is 5.79. The number of rotatable bonds is 5. The molecule has 0 aromatic heterocycles. The minimum absolute atomic E-state index is 0.0482. The fourth-order valence-corrected chi connectivity index (χ4v) is 0.993. The van der Waals surface area contributed by atoms with Crippen molar-refractivity contribution in [3.05, 3.63) is 0 Å². The van der Waals surface area contributed by atoms with Crippen molar-refractivity contribution in [2.45, 2.75) is 53.2 Å². The van der Waals surface area contributed by atoms with Gasteiger partial charge in [-0.1, -0.05) is 20.8 Å². The van der Waals surface area contributed by atoms with Crippen LogP contribution in [0.15, 0.2) is 0 Å². The van der Waals surface area contributed by atoms with Crippen LogP contribution in [0, 0.1) is 11.8 Å². The predicted octanol–water partition coefficient (Wildman–Crippen LogP) is 2.21. The molecule has 0 aromatic carbocycles. The van der Waals surface area contributed by atoms with E-state index in [0.29, 0.717) is 5.92 Å². The first-order chi connectivity index (χ1) is 6.72. The van der Waals surface area contributed by atoms with Gasteiger partial charge in [-0.25, -0.2) is 0 Å².